The molecule has 1 N–H and O–H groups in total. The molecule has 0 spiro atoms. The summed E-state index contributed by atoms with van der Waals surface area (Å²) in [4.78, 5) is 12.7. The summed E-state index contributed by atoms with van der Waals surface area (Å²) in [6.07, 6.45) is 8.14. The fourth-order valence-electron chi connectivity index (χ4n) is 6.42. The van der Waals surface area contributed by atoms with Gasteiger partial charge in [-0.15, -0.1) is 0 Å². The summed E-state index contributed by atoms with van der Waals surface area (Å²) < 4.78 is 7.62. The van der Waals surface area contributed by atoms with E-state index in [0.29, 0.717) is 28.5 Å². The summed E-state index contributed by atoms with van der Waals surface area (Å²) in [6.45, 7) is 5.09. The number of hydrogen-bond acceptors (Lipinski definition) is 3. The van der Waals surface area contributed by atoms with Crippen molar-refractivity contribution in [2.75, 3.05) is 6.54 Å². The monoisotopic (exact) mass is 401 g/mol. The zero-order chi connectivity index (χ0) is 19.5. The number of hydrogen-bond donors (Lipinski definition) is 1. The van der Waals surface area contributed by atoms with Crippen molar-refractivity contribution in [2.24, 2.45) is 23.2 Å². The van der Waals surface area contributed by atoms with Crippen molar-refractivity contribution >= 4 is 17.5 Å². The summed E-state index contributed by atoms with van der Waals surface area (Å²) >= 11 is 6.21. The molecule has 6 rings (SSSR count). The third-order valence-electron chi connectivity index (χ3n) is 7.27. The molecule has 2 aromatic heterocycles. The smallest absolute Gasteiger partial charge is 0.287 e. The second kappa shape index (κ2) is 6.65. The molecule has 28 heavy (non-hydrogen) atoms. The van der Waals surface area contributed by atoms with Gasteiger partial charge < -0.3 is 9.73 Å². The fourth-order valence-corrected chi connectivity index (χ4v) is 6.56. The highest BCUT2D eigenvalue weighted by Crippen LogP contribution is 2.59. The number of nitrogens with one attached hydrogen (secondary N) is 1. The van der Waals surface area contributed by atoms with Crippen molar-refractivity contribution in [3.8, 4) is 0 Å². The van der Waals surface area contributed by atoms with Gasteiger partial charge in [-0.1, -0.05) is 11.6 Å². The Morgan fingerprint density at radius 1 is 1.21 bits per heavy atom. The molecule has 4 bridgehead atoms. The first-order valence-electron chi connectivity index (χ1n) is 10.5. The van der Waals surface area contributed by atoms with Crippen LogP contribution < -0.4 is 5.32 Å². The molecule has 150 valence electrons. The number of halogens is 1. The molecule has 0 saturated heterocycles. The first-order chi connectivity index (χ1) is 13.4. The molecular weight excluding hydrogens is 374 g/mol. The van der Waals surface area contributed by atoms with Crippen LogP contribution in [0.1, 0.15) is 66.2 Å². The average molecular weight is 402 g/mol. The summed E-state index contributed by atoms with van der Waals surface area (Å²) in [7, 11) is 0. The summed E-state index contributed by atoms with van der Waals surface area (Å²) in [6, 6.07) is 3.61. The third kappa shape index (κ3) is 3.18. The first-order valence-corrected chi connectivity index (χ1v) is 10.8. The second-order valence-electron chi connectivity index (χ2n) is 9.51. The highest BCUT2D eigenvalue weighted by atomic mass is 35.5. The second-order valence-corrected chi connectivity index (χ2v) is 9.89. The molecule has 4 aliphatic rings. The van der Waals surface area contributed by atoms with Crippen molar-refractivity contribution in [1.82, 2.24) is 15.1 Å². The Balaban J connectivity index is 1.22. The van der Waals surface area contributed by atoms with Crippen molar-refractivity contribution in [1.29, 1.82) is 0 Å². The maximum absolute atomic E-state index is 12.7. The van der Waals surface area contributed by atoms with Gasteiger partial charge in [-0.05, 0) is 87.7 Å². The number of rotatable bonds is 5. The molecule has 4 fully saturated rings. The molecule has 6 heteroatoms. The Hall–Kier alpha value is -1.75. The predicted molar refractivity (Wildman–Crippen MR) is 107 cm³/mol. The normalized spacial score (nSPS) is 30.8. The lowest BCUT2D eigenvalue weighted by molar-refractivity contribution is -0.0504. The maximum Gasteiger partial charge on any atom is 0.287 e. The van der Waals surface area contributed by atoms with Gasteiger partial charge in [-0.3, -0.25) is 9.48 Å². The SMILES string of the molecule is Cc1nn(Cc2ccc(C(=O)NCC34CC5CC(CC(C5)C3)C4)o2)c(C)c1Cl. The van der Waals surface area contributed by atoms with Crippen LogP contribution >= 0.6 is 11.6 Å². The summed E-state index contributed by atoms with van der Waals surface area (Å²) in [5.74, 6) is 3.67. The molecule has 0 unspecified atom stereocenters. The number of aryl methyl sites for hydroxylation is 1. The number of aromatic nitrogens is 2. The van der Waals surface area contributed by atoms with Crippen LogP contribution in [0.3, 0.4) is 0 Å². The van der Waals surface area contributed by atoms with Crippen LogP contribution in [0, 0.1) is 37.0 Å². The Morgan fingerprint density at radius 3 is 2.43 bits per heavy atom. The van der Waals surface area contributed by atoms with E-state index in [2.05, 4.69) is 10.4 Å². The molecule has 5 nitrogen and oxygen atoms in total. The minimum atomic E-state index is -0.103. The van der Waals surface area contributed by atoms with Crippen LogP contribution in [0.4, 0.5) is 0 Å². The number of nitrogens with zero attached hydrogens (tertiary/aromatic N) is 2. The topological polar surface area (TPSA) is 60.1 Å². The Labute approximate surface area is 170 Å². The van der Waals surface area contributed by atoms with E-state index >= 15 is 0 Å². The quantitative estimate of drug-likeness (QED) is 0.787. The molecule has 0 atom stereocenters. The van der Waals surface area contributed by atoms with Crippen LogP contribution in [-0.2, 0) is 6.54 Å². The lowest BCUT2D eigenvalue weighted by Crippen LogP contribution is -2.51. The van der Waals surface area contributed by atoms with Crippen molar-refractivity contribution in [2.45, 2.75) is 58.9 Å². The molecule has 2 aromatic rings. The fraction of sp³-hybridized carbons (Fsp3) is 0.636. The first kappa shape index (κ1) is 18.3. The molecule has 1 amide bonds. The van der Waals surface area contributed by atoms with Gasteiger partial charge in [0.25, 0.3) is 5.91 Å². The molecule has 0 aliphatic heterocycles. The summed E-state index contributed by atoms with van der Waals surface area (Å²) in [5.41, 5.74) is 2.04. The minimum absolute atomic E-state index is 0.103. The lowest BCUT2D eigenvalue weighted by atomic mass is 9.49. The average Bonchev–Trinajstić information content (AvgIpc) is 3.20. The van der Waals surface area contributed by atoms with Crippen LogP contribution in [0.25, 0.3) is 0 Å². The highest BCUT2D eigenvalue weighted by molar-refractivity contribution is 6.31. The Morgan fingerprint density at radius 2 is 1.86 bits per heavy atom. The van der Waals surface area contributed by atoms with E-state index in [1.165, 1.54) is 38.5 Å². The minimum Gasteiger partial charge on any atom is -0.454 e. The number of carbonyl (C=O) groups is 1. The van der Waals surface area contributed by atoms with E-state index in [1.807, 2.05) is 24.6 Å². The molecule has 0 radical (unpaired) electrons. The van der Waals surface area contributed by atoms with Gasteiger partial charge in [0.2, 0.25) is 0 Å². The van der Waals surface area contributed by atoms with Crippen LogP contribution in [0.2, 0.25) is 5.02 Å². The van der Waals surface area contributed by atoms with Crippen LogP contribution in [-0.4, -0.2) is 22.2 Å². The molecule has 4 aliphatic carbocycles. The van der Waals surface area contributed by atoms with E-state index in [-0.39, 0.29) is 5.91 Å². The van der Waals surface area contributed by atoms with E-state index < -0.39 is 0 Å². The van der Waals surface area contributed by atoms with E-state index in [1.54, 1.807) is 6.07 Å². The van der Waals surface area contributed by atoms with E-state index in [0.717, 1.165) is 35.7 Å². The van der Waals surface area contributed by atoms with Gasteiger partial charge in [-0.2, -0.15) is 5.10 Å². The summed E-state index contributed by atoms with van der Waals surface area (Å²) in [5, 5.41) is 8.29. The zero-order valence-corrected chi connectivity index (χ0v) is 17.4. The van der Waals surface area contributed by atoms with Gasteiger partial charge in [0.05, 0.1) is 23.0 Å². The van der Waals surface area contributed by atoms with Crippen molar-refractivity contribution in [3.05, 3.63) is 40.1 Å². The number of carbonyl (C=O) groups excluding carboxylic acids is 1. The number of furan rings is 1. The Bertz CT molecular complexity index is 878. The molecule has 2 heterocycles. The molecular formula is C22H28ClN3O2. The van der Waals surface area contributed by atoms with Crippen molar-refractivity contribution < 1.29 is 9.21 Å². The third-order valence-corrected chi connectivity index (χ3v) is 7.82. The molecule has 4 saturated carbocycles. The van der Waals surface area contributed by atoms with Gasteiger partial charge in [0.15, 0.2) is 5.76 Å². The predicted octanol–water partition coefficient (Wildman–Crippen LogP) is 4.74. The van der Waals surface area contributed by atoms with Gasteiger partial charge >= 0.3 is 0 Å². The van der Waals surface area contributed by atoms with Crippen LogP contribution in [0.5, 0.6) is 0 Å². The standard InChI is InChI=1S/C22H28ClN3O2/c1-13-20(23)14(2)26(25-13)11-18-3-4-19(28-18)21(27)24-12-22-8-15-5-16(9-22)7-17(6-15)10-22/h3-4,15-17H,5-12H2,1-2H3,(H,24,27). The van der Waals surface area contributed by atoms with Gasteiger partial charge in [0.1, 0.15) is 5.76 Å². The molecule has 0 aromatic carbocycles. The van der Waals surface area contributed by atoms with E-state index in [4.69, 9.17) is 16.0 Å². The zero-order valence-electron chi connectivity index (χ0n) is 16.6. The van der Waals surface area contributed by atoms with Gasteiger partial charge in [0, 0.05) is 6.54 Å². The Kier molecular flexibility index (Phi) is 4.34. The van der Waals surface area contributed by atoms with Crippen LogP contribution in [0.15, 0.2) is 16.5 Å². The van der Waals surface area contributed by atoms with Crippen molar-refractivity contribution in [3.63, 3.8) is 0 Å². The van der Waals surface area contributed by atoms with Gasteiger partial charge in [-0.25, -0.2) is 0 Å². The maximum atomic E-state index is 12.7. The van der Waals surface area contributed by atoms with E-state index in [9.17, 15) is 4.79 Å². The number of amides is 1. The largest absolute Gasteiger partial charge is 0.454 e. The highest BCUT2D eigenvalue weighted by Gasteiger charge is 2.50. The lowest BCUT2D eigenvalue weighted by Gasteiger charge is -2.56.